The molecule has 1 unspecified atom stereocenters. The number of hydrogen-bond acceptors (Lipinski definition) is 5. The second kappa shape index (κ2) is 10.3. The number of rotatable bonds is 8. The number of hydrogen-bond donors (Lipinski definition) is 1. The normalized spacial score (nSPS) is 20.4. The van der Waals surface area contributed by atoms with Crippen molar-refractivity contribution in [2.75, 3.05) is 20.1 Å². The predicted molar refractivity (Wildman–Crippen MR) is 117 cm³/mol. The van der Waals surface area contributed by atoms with E-state index in [1.54, 1.807) is 11.8 Å². The van der Waals surface area contributed by atoms with Gasteiger partial charge in [0.25, 0.3) is 0 Å². The minimum absolute atomic E-state index is 0.0839. The molecule has 1 fully saturated rings. The summed E-state index contributed by atoms with van der Waals surface area (Å²) >= 11 is 1.58. The van der Waals surface area contributed by atoms with E-state index >= 15 is 0 Å². The lowest BCUT2D eigenvalue weighted by Gasteiger charge is -2.29. The SMILES string of the molecule is C=C(S/C=C\C)C1=NCC(C(/C=C\C)=N/C)=C2CC(NC(=O)CCC)CN12. The first-order valence-corrected chi connectivity index (χ1v) is 10.3. The number of allylic oxidation sites excluding steroid dienone is 3. The van der Waals surface area contributed by atoms with Gasteiger partial charge in [0, 0.05) is 42.6 Å². The van der Waals surface area contributed by atoms with E-state index in [0.717, 1.165) is 41.4 Å². The van der Waals surface area contributed by atoms with Crippen molar-refractivity contribution in [2.24, 2.45) is 9.98 Å². The molecule has 1 saturated heterocycles. The van der Waals surface area contributed by atoms with E-state index in [1.165, 1.54) is 5.70 Å². The Labute approximate surface area is 167 Å². The maximum absolute atomic E-state index is 12.1. The van der Waals surface area contributed by atoms with E-state index in [9.17, 15) is 4.79 Å². The summed E-state index contributed by atoms with van der Waals surface area (Å²) in [6.45, 7) is 11.5. The highest BCUT2D eigenvalue weighted by atomic mass is 32.2. The molecule has 27 heavy (non-hydrogen) atoms. The minimum atomic E-state index is 0.0839. The van der Waals surface area contributed by atoms with Gasteiger partial charge in [-0.05, 0) is 31.8 Å². The van der Waals surface area contributed by atoms with E-state index in [0.29, 0.717) is 13.0 Å². The van der Waals surface area contributed by atoms with Crippen LogP contribution < -0.4 is 5.32 Å². The Kier molecular flexibility index (Phi) is 8.10. The Morgan fingerprint density at radius 2 is 2.22 bits per heavy atom. The van der Waals surface area contributed by atoms with Crippen LogP contribution in [0.15, 0.2) is 56.4 Å². The Bertz CT molecular complexity index is 730. The number of nitrogens with zero attached hydrogens (tertiary/aromatic N) is 3. The highest BCUT2D eigenvalue weighted by Gasteiger charge is 2.36. The van der Waals surface area contributed by atoms with Gasteiger partial charge in [0.05, 0.1) is 18.3 Å². The molecule has 5 nitrogen and oxygen atoms in total. The average Bonchev–Trinajstić information content (AvgIpc) is 3.07. The zero-order chi connectivity index (χ0) is 19.8. The van der Waals surface area contributed by atoms with Gasteiger partial charge in [-0.3, -0.25) is 14.8 Å². The molecule has 0 aromatic rings. The zero-order valence-electron chi connectivity index (χ0n) is 16.8. The molecule has 2 aliphatic heterocycles. The van der Waals surface area contributed by atoms with Crippen molar-refractivity contribution in [1.82, 2.24) is 10.2 Å². The third-order valence-corrected chi connectivity index (χ3v) is 5.35. The highest BCUT2D eigenvalue weighted by molar-refractivity contribution is 8.06. The molecule has 2 rings (SSSR count). The Balaban J connectivity index is 2.32. The van der Waals surface area contributed by atoms with Crippen molar-refractivity contribution in [3.63, 3.8) is 0 Å². The molecule has 1 atom stereocenters. The molecule has 0 spiro atoms. The lowest BCUT2D eigenvalue weighted by Crippen LogP contribution is -2.39. The second-order valence-electron chi connectivity index (χ2n) is 6.51. The average molecular weight is 387 g/mol. The molecule has 0 aromatic carbocycles. The van der Waals surface area contributed by atoms with Crippen molar-refractivity contribution < 1.29 is 4.79 Å². The van der Waals surface area contributed by atoms with Crippen LogP contribution in [0.2, 0.25) is 0 Å². The first-order chi connectivity index (χ1) is 13.0. The van der Waals surface area contributed by atoms with E-state index in [4.69, 9.17) is 4.99 Å². The maximum Gasteiger partial charge on any atom is 0.220 e. The number of amides is 1. The van der Waals surface area contributed by atoms with Crippen molar-refractivity contribution in [3.8, 4) is 0 Å². The van der Waals surface area contributed by atoms with Crippen molar-refractivity contribution in [1.29, 1.82) is 0 Å². The smallest absolute Gasteiger partial charge is 0.220 e. The summed E-state index contributed by atoms with van der Waals surface area (Å²) in [4.78, 5) is 24.5. The van der Waals surface area contributed by atoms with E-state index in [2.05, 4.69) is 21.8 Å². The molecule has 0 aromatic heterocycles. The number of thioether (sulfide) groups is 1. The molecular weight excluding hydrogens is 356 g/mol. The molecule has 2 heterocycles. The van der Waals surface area contributed by atoms with Crippen molar-refractivity contribution >= 4 is 29.2 Å². The summed E-state index contributed by atoms with van der Waals surface area (Å²) < 4.78 is 0. The van der Waals surface area contributed by atoms with Gasteiger partial charge in [-0.15, -0.1) is 0 Å². The predicted octanol–water partition coefficient (Wildman–Crippen LogP) is 4.07. The van der Waals surface area contributed by atoms with Crippen LogP contribution in [0.3, 0.4) is 0 Å². The van der Waals surface area contributed by atoms with Crippen molar-refractivity contribution in [3.05, 3.63) is 46.4 Å². The summed E-state index contributed by atoms with van der Waals surface area (Å²) in [6.07, 6.45) is 8.22. The molecule has 146 valence electrons. The second-order valence-corrected chi connectivity index (χ2v) is 7.51. The van der Waals surface area contributed by atoms with Crippen LogP contribution in [0.5, 0.6) is 0 Å². The third kappa shape index (κ3) is 5.22. The molecular formula is C21H30N4OS. The quantitative estimate of drug-likeness (QED) is 0.640. The standard InChI is InChI=1S/C21H30N4OS/c1-6-9-18(22-5)17-13-23-21(15(4)27-11-8-3)25-14-16(12-19(17)25)24-20(26)10-7-2/h6,8-9,11,16H,4,7,10,12-14H2,1-3,5H3,(H,24,26)/b9-6-,11-8-,22-18+. The molecule has 0 saturated carbocycles. The van der Waals surface area contributed by atoms with Gasteiger partial charge in [-0.1, -0.05) is 37.4 Å². The summed E-state index contributed by atoms with van der Waals surface area (Å²) in [5.41, 5.74) is 3.28. The highest BCUT2D eigenvalue weighted by Crippen LogP contribution is 2.33. The van der Waals surface area contributed by atoms with Crippen LogP contribution in [-0.4, -0.2) is 48.5 Å². The summed E-state index contributed by atoms with van der Waals surface area (Å²) in [7, 11) is 1.81. The zero-order valence-corrected chi connectivity index (χ0v) is 17.6. The topological polar surface area (TPSA) is 57.1 Å². The fourth-order valence-corrected chi connectivity index (χ4v) is 3.91. The van der Waals surface area contributed by atoms with Crippen LogP contribution in [-0.2, 0) is 4.79 Å². The Hall–Kier alpha value is -2.08. The lowest BCUT2D eigenvalue weighted by atomic mass is 10.0. The van der Waals surface area contributed by atoms with E-state index < -0.39 is 0 Å². The molecule has 0 aliphatic carbocycles. The summed E-state index contributed by atoms with van der Waals surface area (Å²) in [6, 6.07) is 0.0839. The van der Waals surface area contributed by atoms with Crippen LogP contribution in [0.4, 0.5) is 0 Å². The number of fused-ring (bicyclic) bond motifs is 1. The lowest BCUT2D eigenvalue weighted by molar-refractivity contribution is -0.121. The molecule has 1 amide bonds. The number of aliphatic imine (C=N–C) groups is 2. The van der Waals surface area contributed by atoms with Crippen LogP contribution in [0.25, 0.3) is 0 Å². The van der Waals surface area contributed by atoms with E-state index in [-0.39, 0.29) is 11.9 Å². The van der Waals surface area contributed by atoms with Gasteiger partial charge in [0.15, 0.2) is 0 Å². The molecule has 2 aliphatic rings. The van der Waals surface area contributed by atoms with Crippen molar-refractivity contribution in [2.45, 2.75) is 46.1 Å². The number of carbonyl (C=O) groups excluding carboxylic acids is 1. The van der Waals surface area contributed by atoms with Gasteiger partial charge >= 0.3 is 0 Å². The van der Waals surface area contributed by atoms with Crippen LogP contribution in [0.1, 0.15) is 40.0 Å². The number of carbonyl (C=O) groups is 1. The third-order valence-electron chi connectivity index (χ3n) is 4.47. The minimum Gasteiger partial charge on any atom is -0.351 e. The first kappa shape index (κ1) is 21.2. The monoisotopic (exact) mass is 386 g/mol. The molecule has 1 N–H and O–H groups in total. The fraction of sp³-hybridized carbons (Fsp3) is 0.476. The molecule has 0 radical (unpaired) electrons. The van der Waals surface area contributed by atoms with Crippen LogP contribution >= 0.6 is 11.8 Å². The van der Waals surface area contributed by atoms with Gasteiger partial charge in [0.1, 0.15) is 5.84 Å². The number of nitrogens with one attached hydrogen (secondary N) is 1. The summed E-state index contributed by atoms with van der Waals surface area (Å²) in [5.74, 6) is 1.02. The van der Waals surface area contributed by atoms with Gasteiger partial charge in [-0.25, -0.2) is 0 Å². The van der Waals surface area contributed by atoms with Gasteiger partial charge in [-0.2, -0.15) is 0 Å². The molecule has 6 heteroatoms. The first-order valence-electron chi connectivity index (χ1n) is 9.45. The largest absolute Gasteiger partial charge is 0.351 e. The van der Waals surface area contributed by atoms with Gasteiger partial charge < -0.3 is 10.2 Å². The Morgan fingerprint density at radius 1 is 1.44 bits per heavy atom. The fourth-order valence-electron chi connectivity index (χ4n) is 3.33. The summed E-state index contributed by atoms with van der Waals surface area (Å²) in [5, 5.41) is 5.18. The molecule has 0 bridgehead atoms. The van der Waals surface area contributed by atoms with Gasteiger partial charge in [0.2, 0.25) is 5.91 Å². The Morgan fingerprint density at radius 3 is 2.85 bits per heavy atom. The van der Waals surface area contributed by atoms with Crippen LogP contribution in [0, 0.1) is 0 Å². The maximum atomic E-state index is 12.1. The van der Waals surface area contributed by atoms with E-state index in [1.807, 2.05) is 51.5 Å². The number of amidine groups is 1.